The van der Waals surface area contributed by atoms with Gasteiger partial charge in [0, 0.05) is 18.1 Å². The molecule has 0 N–H and O–H groups in total. The fourth-order valence-electron chi connectivity index (χ4n) is 4.45. The maximum atomic E-state index is 11.7. The highest BCUT2D eigenvalue weighted by molar-refractivity contribution is 5.83. The van der Waals surface area contributed by atoms with Crippen LogP contribution in [0.25, 0.3) is 0 Å². The van der Waals surface area contributed by atoms with Crippen molar-refractivity contribution in [1.29, 1.82) is 0 Å². The Morgan fingerprint density at radius 3 is 1.92 bits per heavy atom. The Labute approximate surface area is 152 Å². The molecule has 4 bridgehead atoms. The molecule has 1 aromatic carbocycles. The van der Waals surface area contributed by atoms with Gasteiger partial charge in [0.15, 0.2) is 0 Å². The predicted octanol–water partition coefficient (Wildman–Crippen LogP) is 4.15. The van der Waals surface area contributed by atoms with Crippen LogP contribution in [0.1, 0.15) is 37.2 Å². The van der Waals surface area contributed by atoms with Crippen LogP contribution < -0.4 is 4.74 Å². The minimum Gasteiger partial charge on any atom is -0.450 e. The van der Waals surface area contributed by atoms with Crippen LogP contribution in [0.5, 0.6) is 5.75 Å². The van der Waals surface area contributed by atoms with Gasteiger partial charge in [-0.15, -0.1) is 0 Å². The Balaban J connectivity index is 1.64. The summed E-state index contributed by atoms with van der Waals surface area (Å²) in [6.07, 6.45) is 6.17. The van der Waals surface area contributed by atoms with Crippen molar-refractivity contribution >= 4 is 11.9 Å². The first-order chi connectivity index (χ1) is 12.6. The summed E-state index contributed by atoms with van der Waals surface area (Å²) in [5, 5.41) is 0. The van der Waals surface area contributed by atoms with Crippen molar-refractivity contribution in [2.45, 2.75) is 37.7 Å². The van der Waals surface area contributed by atoms with Crippen molar-refractivity contribution in [2.24, 2.45) is 0 Å². The highest BCUT2D eigenvalue weighted by Crippen LogP contribution is 2.56. The van der Waals surface area contributed by atoms with Gasteiger partial charge in [0.2, 0.25) is 0 Å². The Kier molecular flexibility index (Phi) is 4.11. The van der Waals surface area contributed by atoms with Crippen molar-refractivity contribution in [3.05, 3.63) is 77.4 Å². The molecule has 4 nitrogen and oxygen atoms in total. The number of carbonyl (C=O) groups excluding carboxylic acids is 2. The number of hydrogen-bond acceptors (Lipinski definition) is 4. The molecular formula is C22H20O4. The summed E-state index contributed by atoms with van der Waals surface area (Å²) < 4.78 is 10.8. The molecule has 132 valence electrons. The standard InChI is InChI=1S/C22H20O4/c1-3-19(23)25-14-7-5-13(6-8-14)21-15-9-10-16(21)18-12-11-17(15)22(18)26-20(24)4-2/h3-8,21-22H,1-2,9-12H2. The van der Waals surface area contributed by atoms with E-state index < -0.39 is 5.97 Å². The molecule has 4 heteroatoms. The topological polar surface area (TPSA) is 52.6 Å². The largest absolute Gasteiger partial charge is 0.450 e. The normalized spacial score (nSPS) is 23.1. The van der Waals surface area contributed by atoms with E-state index in [9.17, 15) is 9.59 Å². The number of benzene rings is 1. The van der Waals surface area contributed by atoms with E-state index in [0.29, 0.717) is 5.75 Å². The van der Waals surface area contributed by atoms with Crippen molar-refractivity contribution in [3.8, 4) is 5.75 Å². The summed E-state index contributed by atoms with van der Waals surface area (Å²) in [5.41, 5.74) is 6.50. The van der Waals surface area contributed by atoms with Crippen molar-refractivity contribution in [3.63, 3.8) is 0 Å². The van der Waals surface area contributed by atoms with E-state index in [1.165, 1.54) is 33.9 Å². The molecule has 2 fully saturated rings. The fourth-order valence-corrected chi connectivity index (χ4v) is 4.45. The van der Waals surface area contributed by atoms with Crippen LogP contribution >= 0.6 is 0 Å². The third-order valence-electron chi connectivity index (χ3n) is 5.48. The molecule has 0 radical (unpaired) electrons. The SMILES string of the molecule is C=CC(=O)Oc1ccc(C2C3=C4CCC(=C2CC3)C4OC(=O)C=C)cc1. The molecule has 0 unspecified atom stereocenters. The molecule has 2 saturated carbocycles. The number of hydrogen-bond donors (Lipinski definition) is 0. The molecule has 0 aliphatic heterocycles. The van der Waals surface area contributed by atoms with Gasteiger partial charge in [-0.1, -0.05) is 36.4 Å². The van der Waals surface area contributed by atoms with Gasteiger partial charge in [0.05, 0.1) is 0 Å². The summed E-state index contributed by atoms with van der Waals surface area (Å²) in [6.45, 7) is 6.90. The van der Waals surface area contributed by atoms with Gasteiger partial charge in [-0.05, 0) is 54.5 Å². The lowest BCUT2D eigenvalue weighted by molar-refractivity contribution is -0.139. The van der Waals surface area contributed by atoms with E-state index in [1.54, 1.807) is 0 Å². The second-order valence-electron chi connectivity index (χ2n) is 6.75. The lowest BCUT2D eigenvalue weighted by atomic mass is 9.81. The number of esters is 2. The summed E-state index contributed by atoms with van der Waals surface area (Å²) in [7, 11) is 0. The van der Waals surface area contributed by atoms with Crippen LogP contribution in [0, 0.1) is 0 Å². The lowest BCUT2D eigenvalue weighted by Gasteiger charge is -2.27. The Bertz CT molecular complexity index is 840. The van der Waals surface area contributed by atoms with Crippen LogP contribution in [0.2, 0.25) is 0 Å². The van der Waals surface area contributed by atoms with Crippen LogP contribution in [0.4, 0.5) is 0 Å². The first-order valence-electron chi connectivity index (χ1n) is 8.83. The molecule has 26 heavy (non-hydrogen) atoms. The summed E-state index contributed by atoms with van der Waals surface area (Å²) in [4.78, 5) is 23.0. The summed E-state index contributed by atoms with van der Waals surface area (Å²) >= 11 is 0. The number of carbonyl (C=O) groups is 2. The molecule has 0 atom stereocenters. The van der Waals surface area contributed by atoms with E-state index in [2.05, 4.69) is 13.2 Å². The molecule has 3 aliphatic carbocycles. The zero-order valence-corrected chi connectivity index (χ0v) is 14.5. The second kappa shape index (κ2) is 6.45. The van der Waals surface area contributed by atoms with Crippen molar-refractivity contribution in [1.82, 2.24) is 0 Å². The average molecular weight is 348 g/mol. The van der Waals surface area contributed by atoms with Crippen molar-refractivity contribution < 1.29 is 19.1 Å². The smallest absolute Gasteiger partial charge is 0.335 e. The average Bonchev–Trinajstić information content (AvgIpc) is 3.16. The Morgan fingerprint density at radius 1 is 0.846 bits per heavy atom. The van der Waals surface area contributed by atoms with E-state index in [-0.39, 0.29) is 18.0 Å². The molecule has 0 spiro atoms. The van der Waals surface area contributed by atoms with Gasteiger partial charge in [0.1, 0.15) is 11.9 Å². The van der Waals surface area contributed by atoms with E-state index >= 15 is 0 Å². The zero-order valence-electron chi connectivity index (χ0n) is 14.5. The minimum absolute atomic E-state index is 0.183. The van der Waals surface area contributed by atoms with Gasteiger partial charge in [-0.25, -0.2) is 9.59 Å². The zero-order chi connectivity index (χ0) is 18.3. The van der Waals surface area contributed by atoms with Crippen LogP contribution in [0.3, 0.4) is 0 Å². The molecule has 0 saturated heterocycles. The minimum atomic E-state index is -0.463. The number of ether oxygens (including phenoxy) is 2. The maximum absolute atomic E-state index is 11.7. The highest BCUT2D eigenvalue weighted by atomic mass is 16.5. The maximum Gasteiger partial charge on any atom is 0.335 e. The molecule has 4 rings (SSSR count). The van der Waals surface area contributed by atoms with Gasteiger partial charge in [0.25, 0.3) is 0 Å². The molecular weight excluding hydrogens is 328 g/mol. The Hall–Kier alpha value is -2.88. The quantitative estimate of drug-likeness (QED) is 0.347. The molecule has 0 amide bonds. The van der Waals surface area contributed by atoms with E-state index in [0.717, 1.165) is 31.8 Å². The van der Waals surface area contributed by atoms with Gasteiger partial charge >= 0.3 is 11.9 Å². The van der Waals surface area contributed by atoms with Gasteiger partial charge in [-0.3, -0.25) is 0 Å². The third kappa shape index (κ3) is 2.62. The van der Waals surface area contributed by atoms with Crippen LogP contribution in [-0.2, 0) is 14.3 Å². The van der Waals surface area contributed by atoms with E-state index in [1.807, 2.05) is 24.3 Å². The summed E-state index contributed by atoms with van der Waals surface area (Å²) in [6, 6.07) is 7.66. The first kappa shape index (κ1) is 16.6. The molecule has 0 heterocycles. The van der Waals surface area contributed by atoms with Crippen molar-refractivity contribution in [2.75, 3.05) is 0 Å². The molecule has 3 aliphatic rings. The second-order valence-corrected chi connectivity index (χ2v) is 6.75. The summed E-state index contributed by atoms with van der Waals surface area (Å²) in [5.74, 6) is -0.0437. The lowest BCUT2D eigenvalue weighted by Crippen LogP contribution is -2.23. The predicted molar refractivity (Wildman–Crippen MR) is 97.6 cm³/mol. The number of rotatable bonds is 5. The first-order valence-corrected chi connectivity index (χ1v) is 8.83. The number of fused-ring (bicyclic) bond motifs is 4. The van der Waals surface area contributed by atoms with Crippen LogP contribution in [-0.4, -0.2) is 18.0 Å². The van der Waals surface area contributed by atoms with Gasteiger partial charge < -0.3 is 9.47 Å². The van der Waals surface area contributed by atoms with E-state index in [4.69, 9.17) is 9.47 Å². The molecule has 0 aromatic heterocycles. The third-order valence-corrected chi connectivity index (χ3v) is 5.48. The molecule has 1 aromatic rings. The number of allylic oxidation sites excluding steroid dienone is 2. The van der Waals surface area contributed by atoms with Gasteiger partial charge in [-0.2, -0.15) is 0 Å². The Morgan fingerprint density at radius 2 is 1.38 bits per heavy atom. The van der Waals surface area contributed by atoms with Crippen LogP contribution in [0.15, 0.2) is 71.9 Å². The highest BCUT2D eigenvalue weighted by Gasteiger charge is 2.45. The monoisotopic (exact) mass is 348 g/mol. The fraction of sp³-hybridized carbons (Fsp3) is 0.273.